The second-order valence-electron chi connectivity index (χ2n) is 7.76. The van der Waals surface area contributed by atoms with Gasteiger partial charge in [-0.3, -0.25) is 4.79 Å². The maximum Gasteiger partial charge on any atom is 0.534 e. The molecule has 3 aliphatic rings. The monoisotopic (exact) mass is 485 g/mol. The number of hydrogen-bond donors (Lipinski definition) is 0. The first-order valence-electron chi connectivity index (χ1n) is 8.78. The average molecular weight is 485 g/mol. The molecule has 3 rings (SSSR count). The van der Waals surface area contributed by atoms with Gasteiger partial charge in [0.1, 0.15) is 5.76 Å². The molecule has 1 saturated carbocycles. The molecule has 1 amide bonds. The van der Waals surface area contributed by atoms with Gasteiger partial charge in [0.2, 0.25) is 5.91 Å². The Hall–Kier alpha value is -1.51. The molecule has 2 aliphatic carbocycles. The molecule has 30 heavy (non-hydrogen) atoms. The van der Waals surface area contributed by atoms with E-state index < -0.39 is 72.5 Å². The number of sulfonamides is 1. The molecule has 1 saturated heterocycles. The maximum atomic E-state index is 13.1. The van der Waals surface area contributed by atoms with Crippen molar-refractivity contribution in [2.45, 2.75) is 56.1 Å². The van der Waals surface area contributed by atoms with E-state index in [1.807, 2.05) is 0 Å². The van der Waals surface area contributed by atoms with Gasteiger partial charge in [0.25, 0.3) is 0 Å². The van der Waals surface area contributed by atoms with Crippen molar-refractivity contribution >= 4 is 26.0 Å². The summed E-state index contributed by atoms with van der Waals surface area (Å²) >= 11 is 0. The van der Waals surface area contributed by atoms with Gasteiger partial charge in [-0.1, -0.05) is 6.92 Å². The van der Waals surface area contributed by atoms with Crippen molar-refractivity contribution in [3.63, 3.8) is 0 Å². The molecule has 0 bridgehead atoms. The van der Waals surface area contributed by atoms with E-state index in [4.69, 9.17) is 0 Å². The lowest BCUT2D eigenvalue weighted by atomic mass is 9.60. The van der Waals surface area contributed by atoms with Crippen molar-refractivity contribution in [3.8, 4) is 0 Å². The summed E-state index contributed by atoms with van der Waals surface area (Å²) in [5.74, 6) is -3.14. The Morgan fingerprint density at radius 2 is 1.67 bits per heavy atom. The first kappa shape index (κ1) is 23.2. The Labute approximate surface area is 168 Å². The quantitative estimate of drug-likeness (QED) is 0.346. The van der Waals surface area contributed by atoms with E-state index in [1.54, 1.807) is 0 Å². The van der Waals surface area contributed by atoms with E-state index in [2.05, 4.69) is 4.18 Å². The number of rotatable bonds is 3. The summed E-state index contributed by atoms with van der Waals surface area (Å²) in [7, 11) is -11.9. The predicted molar refractivity (Wildman–Crippen MR) is 87.9 cm³/mol. The molecular weight excluding hydrogens is 468 g/mol. The number of allylic oxidation sites excluding steroid dienone is 2. The molecule has 172 valence electrons. The minimum atomic E-state index is -5.94. The summed E-state index contributed by atoms with van der Waals surface area (Å²) in [4.78, 5) is 12.1. The summed E-state index contributed by atoms with van der Waals surface area (Å²) in [5, 5.41) is 0. The van der Waals surface area contributed by atoms with E-state index in [0.29, 0.717) is 0 Å². The van der Waals surface area contributed by atoms with Gasteiger partial charge in [-0.25, -0.2) is 4.31 Å². The number of halogens is 6. The van der Waals surface area contributed by atoms with Gasteiger partial charge in [-0.2, -0.15) is 43.2 Å². The number of piperidine rings is 1. The van der Waals surface area contributed by atoms with Crippen LogP contribution >= 0.6 is 0 Å². The molecule has 1 heterocycles. The fourth-order valence-electron chi connectivity index (χ4n) is 4.78. The lowest BCUT2D eigenvalue weighted by molar-refractivity contribution is -0.138. The third-order valence-electron chi connectivity index (χ3n) is 6.18. The number of fused-ring (bicyclic) bond motifs is 3. The van der Waals surface area contributed by atoms with Crippen LogP contribution < -0.4 is 0 Å². The largest absolute Gasteiger partial charge is 0.534 e. The van der Waals surface area contributed by atoms with E-state index in [-0.39, 0.29) is 30.0 Å². The van der Waals surface area contributed by atoms with Crippen molar-refractivity contribution in [1.82, 2.24) is 4.31 Å². The van der Waals surface area contributed by atoms with Gasteiger partial charge in [0.05, 0.1) is 6.04 Å². The van der Waals surface area contributed by atoms with Crippen LogP contribution in [0.25, 0.3) is 0 Å². The Balaban J connectivity index is 1.92. The molecular formula is C15H17F6NO6S2. The fourth-order valence-corrected chi connectivity index (χ4v) is 6.57. The molecule has 0 aromatic rings. The van der Waals surface area contributed by atoms with Crippen molar-refractivity contribution in [1.29, 1.82) is 0 Å². The molecule has 0 aromatic carbocycles. The zero-order valence-electron chi connectivity index (χ0n) is 15.3. The lowest BCUT2D eigenvalue weighted by Gasteiger charge is -2.51. The number of carbonyl (C=O) groups is 1. The Morgan fingerprint density at radius 1 is 1.07 bits per heavy atom. The van der Waals surface area contributed by atoms with Gasteiger partial charge in [0.15, 0.2) is 0 Å². The SMILES string of the molecule is C[C@]12CC[C@H]3[C@@H](CCC(=O)N3S(=O)(=O)C(F)(F)F)[C@@H]1CC=C2OS(=O)(=O)C(F)(F)F. The van der Waals surface area contributed by atoms with Crippen LogP contribution in [0.4, 0.5) is 26.3 Å². The van der Waals surface area contributed by atoms with E-state index >= 15 is 0 Å². The number of alkyl halides is 6. The summed E-state index contributed by atoms with van der Waals surface area (Å²) in [6.45, 7) is 1.43. The number of carbonyl (C=O) groups excluding carboxylic acids is 1. The van der Waals surface area contributed by atoms with Gasteiger partial charge in [-0.15, -0.1) is 0 Å². The average Bonchev–Trinajstić information content (AvgIpc) is 2.88. The number of nitrogens with zero attached hydrogens (tertiary/aromatic N) is 1. The highest BCUT2D eigenvalue weighted by molar-refractivity contribution is 7.90. The van der Waals surface area contributed by atoms with Crippen LogP contribution in [0.1, 0.15) is 39.0 Å². The second kappa shape index (κ2) is 6.74. The summed E-state index contributed by atoms with van der Waals surface area (Å²) in [6.07, 6.45) is 0.228. The molecule has 0 N–H and O–H groups in total. The summed E-state index contributed by atoms with van der Waals surface area (Å²) < 4.78 is 128. The van der Waals surface area contributed by atoms with Crippen LogP contribution in [0.2, 0.25) is 0 Å². The first-order valence-corrected chi connectivity index (χ1v) is 11.6. The van der Waals surface area contributed by atoms with E-state index in [9.17, 15) is 48.0 Å². The first-order chi connectivity index (χ1) is 13.4. The van der Waals surface area contributed by atoms with Gasteiger partial charge in [-0.05, 0) is 43.6 Å². The summed E-state index contributed by atoms with van der Waals surface area (Å²) in [6, 6.07) is -1.32. The molecule has 1 aliphatic heterocycles. The van der Waals surface area contributed by atoms with Crippen LogP contribution in [0, 0.1) is 17.3 Å². The standard InChI is InChI=1S/C15H17F6NO6S2/c1-13-7-6-10-8(2-5-12(23)22(10)29(24,25)14(16,17)18)9(13)3-4-11(13)28-30(26,27)15(19,20)21/h4,8-10H,2-3,5-7H2,1H3/t8-,9-,10-,13-/m0/s1. The topological polar surface area (TPSA) is 97.8 Å². The van der Waals surface area contributed by atoms with Crippen LogP contribution in [-0.4, -0.2) is 44.1 Å². The van der Waals surface area contributed by atoms with Crippen LogP contribution in [0.5, 0.6) is 0 Å². The number of hydrogen-bond acceptors (Lipinski definition) is 6. The fraction of sp³-hybridized carbons (Fsp3) is 0.800. The van der Waals surface area contributed by atoms with Crippen LogP contribution in [0.3, 0.4) is 0 Å². The van der Waals surface area contributed by atoms with Crippen LogP contribution in [0.15, 0.2) is 11.8 Å². The molecule has 0 spiro atoms. The zero-order chi connectivity index (χ0) is 22.9. The molecule has 7 nitrogen and oxygen atoms in total. The van der Waals surface area contributed by atoms with Crippen molar-refractivity contribution < 1.29 is 52.2 Å². The molecule has 0 aromatic heterocycles. The normalized spacial score (nSPS) is 33.0. The highest BCUT2D eigenvalue weighted by atomic mass is 32.2. The molecule has 15 heteroatoms. The highest BCUT2D eigenvalue weighted by Gasteiger charge is 2.62. The Kier molecular flexibility index (Phi) is 5.20. The van der Waals surface area contributed by atoms with Gasteiger partial charge < -0.3 is 4.18 Å². The van der Waals surface area contributed by atoms with Crippen molar-refractivity contribution in [2.24, 2.45) is 17.3 Å². The minimum Gasteiger partial charge on any atom is -0.380 e. The lowest BCUT2D eigenvalue weighted by Crippen LogP contribution is -2.59. The molecule has 0 radical (unpaired) electrons. The predicted octanol–water partition coefficient (Wildman–Crippen LogP) is 3.01. The van der Waals surface area contributed by atoms with Gasteiger partial charge >= 0.3 is 31.2 Å². The van der Waals surface area contributed by atoms with Crippen molar-refractivity contribution in [2.75, 3.05) is 0 Å². The van der Waals surface area contributed by atoms with Gasteiger partial charge in [0, 0.05) is 11.8 Å². The Morgan fingerprint density at radius 3 is 2.20 bits per heavy atom. The smallest absolute Gasteiger partial charge is 0.380 e. The second-order valence-corrected chi connectivity index (χ2v) is 11.1. The number of amides is 1. The molecule has 2 fully saturated rings. The van der Waals surface area contributed by atoms with E-state index in [0.717, 1.165) is 6.08 Å². The third-order valence-corrected chi connectivity index (χ3v) is 8.73. The van der Waals surface area contributed by atoms with E-state index in [1.165, 1.54) is 6.92 Å². The highest BCUT2D eigenvalue weighted by Crippen LogP contribution is 2.59. The van der Waals surface area contributed by atoms with Crippen molar-refractivity contribution in [3.05, 3.63) is 11.8 Å². The van der Waals surface area contributed by atoms with Crippen LogP contribution in [-0.2, 0) is 29.1 Å². The molecule has 0 unspecified atom stereocenters. The minimum absolute atomic E-state index is 0.0194. The molecule has 4 atom stereocenters. The zero-order valence-corrected chi connectivity index (χ0v) is 17.0. The Bertz CT molecular complexity index is 986. The summed E-state index contributed by atoms with van der Waals surface area (Å²) in [5.41, 5.74) is -12.6. The maximum absolute atomic E-state index is 13.1. The third kappa shape index (κ3) is 3.37.